The first kappa shape index (κ1) is 12.5. The molecule has 100 valence electrons. The number of pyridine rings is 1. The van der Waals surface area contributed by atoms with Gasteiger partial charge in [0.15, 0.2) is 5.82 Å². The zero-order valence-corrected chi connectivity index (χ0v) is 11.5. The molecule has 0 saturated carbocycles. The number of nitrogens with one attached hydrogen (secondary N) is 1. The van der Waals surface area contributed by atoms with Gasteiger partial charge in [0.1, 0.15) is 12.7 Å². The quantitative estimate of drug-likeness (QED) is 0.801. The maximum atomic E-state index is 12.1. The first-order chi connectivity index (χ1) is 9.74. The Morgan fingerprint density at radius 2 is 2.25 bits per heavy atom. The van der Waals surface area contributed by atoms with Gasteiger partial charge in [-0.3, -0.25) is 4.79 Å². The Kier molecular flexibility index (Phi) is 3.26. The minimum atomic E-state index is -0.118. The van der Waals surface area contributed by atoms with Crippen molar-refractivity contribution in [3.63, 3.8) is 0 Å². The first-order valence-electron chi connectivity index (χ1n) is 5.90. The summed E-state index contributed by atoms with van der Waals surface area (Å²) in [5.74, 6) is 0.528. The largest absolute Gasteiger partial charge is 0.320 e. The van der Waals surface area contributed by atoms with Crippen LogP contribution in [0.3, 0.4) is 0 Å². The molecule has 3 aromatic rings. The number of thiophene rings is 1. The lowest BCUT2D eigenvalue weighted by Crippen LogP contribution is -2.11. The Labute approximate surface area is 119 Å². The van der Waals surface area contributed by atoms with Crippen LogP contribution in [-0.4, -0.2) is 25.7 Å². The summed E-state index contributed by atoms with van der Waals surface area (Å²) in [5, 5.41) is 8.71. The third-order valence-corrected chi connectivity index (χ3v) is 3.74. The molecule has 20 heavy (non-hydrogen) atoms. The van der Waals surface area contributed by atoms with E-state index in [4.69, 9.17) is 0 Å². The molecule has 6 nitrogen and oxygen atoms in total. The van der Waals surface area contributed by atoms with Crippen LogP contribution in [0.4, 0.5) is 5.69 Å². The second-order valence-corrected chi connectivity index (χ2v) is 5.05. The number of nitrogens with zero attached hydrogens (tertiary/aromatic N) is 4. The summed E-state index contributed by atoms with van der Waals surface area (Å²) in [7, 11) is 0. The van der Waals surface area contributed by atoms with Crippen molar-refractivity contribution in [3.8, 4) is 5.82 Å². The van der Waals surface area contributed by atoms with Crippen LogP contribution < -0.4 is 5.32 Å². The fraction of sp³-hybridized carbons (Fsp3) is 0.0769. The van der Waals surface area contributed by atoms with Crippen LogP contribution in [0.15, 0.2) is 42.4 Å². The number of amides is 1. The number of hydrogen-bond acceptors (Lipinski definition) is 5. The predicted molar refractivity (Wildman–Crippen MR) is 76.2 cm³/mol. The number of aryl methyl sites for hydroxylation is 1. The Morgan fingerprint density at radius 3 is 2.85 bits per heavy atom. The van der Waals surface area contributed by atoms with E-state index in [1.807, 2.05) is 18.4 Å². The third-order valence-electron chi connectivity index (χ3n) is 2.73. The molecule has 0 atom stereocenters. The zero-order chi connectivity index (χ0) is 13.9. The van der Waals surface area contributed by atoms with Crippen molar-refractivity contribution < 1.29 is 4.79 Å². The maximum absolute atomic E-state index is 12.1. The van der Waals surface area contributed by atoms with Gasteiger partial charge in [-0.15, -0.1) is 11.3 Å². The molecule has 3 rings (SSSR count). The predicted octanol–water partition coefficient (Wildman–Crippen LogP) is 2.28. The fourth-order valence-electron chi connectivity index (χ4n) is 1.72. The molecule has 1 N–H and O–H groups in total. The first-order valence-corrected chi connectivity index (χ1v) is 6.78. The molecular formula is C13H11N5OS. The van der Waals surface area contributed by atoms with Gasteiger partial charge in [-0.2, -0.15) is 5.10 Å². The van der Waals surface area contributed by atoms with E-state index < -0.39 is 0 Å². The minimum absolute atomic E-state index is 0.118. The van der Waals surface area contributed by atoms with Gasteiger partial charge in [-0.1, -0.05) is 0 Å². The molecule has 0 bridgehead atoms. The molecule has 0 aliphatic carbocycles. The smallest absolute Gasteiger partial charge is 0.266 e. The maximum Gasteiger partial charge on any atom is 0.266 e. The molecule has 0 fully saturated rings. The Hall–Kier alpha value is -2.54. The van der Waals surface area contributed by atoms with E-state index >= 15 is 0 Å². The van der Waals surface area contributed by atoms with Gasteiger partial charge in [0.05, 0.1) is 16.8 Å². The Bertz CT molecular complexity index is 718. The summed E-state index contributed by atoms with van der Waals surface area (Å²) in [6, 6.07) is 5.47. The number of carbonyl (C=O) groups is 1. The lowest BCUT2D eigenvalue weighted by atomic mass is 10.3. The summed E-state index contributed by atoms with van der Waals surface area (Å²) in [6.45, 7) is 1.91. The Morgan fingerprint density at radius 1 is 1.35 bits per heavy atom. The summed E-state index contributed by atoms with van der Waals surface area (Å²) in [6.07, 6.45) is 4.60. The number of hydrogen-bond donors (Lipinski definition) is 1. The van der Waals surface area contributed by atoms with Crippen molar-refractivity contribution >= 4 is 22.9 Å². The normalized spacial score (nSPS) is 10.4. The highest BCUT2D eigenvalue weighted by atomic mass is 32.1. The van der Waals surface area contributed by atoms with Crippen molar-refractivity contribution in [3.05, 3.63) is 52.9 Å². The van der Waals surface area contributed by atoms with Gasteiger partial charge in [0.25, 0.3) is 5.91 Å². The van der Waals surface area contributed by atoms with Crippen LogP contribution in [0.25, 0.3) is 5.82 Å². The van der Waals surface area contributed by atoms with Gasteiger partial charge >= 0.3 is 0 Å². The lowest BCUT2D eigenvalue weighted by molar-refractivity contribution is 0.103. The molecule has 0 saturated heterocycles. The van der Waals surface area contributed by atoms with E-state index in [0.29, 0.717) is 16.4 Å². The van der Waals surface area contributed by atoms with Crippen molar-refractivity contribution in [2.75, 3.05) is 5.32 Å². The number of aromatic nitrogens is 4. The monoisotopic (exact) mass is 285 g/mol. The van der Waals surface area contributed by atoms with E-state index in [-0.39, 0.29) is 5.91 Å². The van der Waals surface area contributed by atoms with Gasteiger partial charge in [-0.05, 0) is 36.1 Å². The van der Waals surface area contributed by atoms with Crippen LogP contribution in [0, 0.1) is 6.92 Å². The third kappa shape index (κ3) is 2.43. The number of rotatable bonds is 3. The molecule has 0 spiro atoms. The molecule has 0 aromatic carbocycles. The lowest BCUT2D eigenvalue weighted by Gasteiger charge is -2.05. The zero-order valence-electron chi connectivity index (χ0n) is 10.6. The SMILES string of the molecule is Cc1ccsc1C(=O)Nc1ccc(-n2cncn2)nc1. The molecule has 0 unspecified atom stereocenters. The van der Waals surface area contributed by atoms with Crippen molar-refractivity contribution in [1.29, 1.82) is 0 Å². The standard InChI is InChI=1S/C13H11N5OS/c1-9-4-5-20-12(9)13(19)17-10-2-3-11(15-6-10)18-8-14-7-16-18/h2-8H,1H3,(H,17,19). The van der Waals surface area contributed by atoms with E-state index in [9.17, 15) is 4.79 Å². The molecule has 1 amide bonds. The van der Waals surface area contributed by atoms with Crippen molar-refractivity contribution in [1.82, 2.24) is 19.7 Å². The number of anilines is 1. The van der Waals surface area contributed by atoms with Crippen molar-refractivity contribution in [2.45, 2.75) is 6.92 Å². The molecule has 7 heteroatoms. The molecule has 0 aliphatic rings. The molecule has 3 heterocycles. The average Bonchev–Trinajstić information content (AvgIpc) is 3.10. The summed E-state index contributed by atoms with van der Waals surface area (Å²) in [4.78, 5) is 20.9. The van der Waals surface area contributed by atoms with Gasteiger partial charge in [-0.25, -0.2) is 14.6 Å². The van der Waals surface area contributed by atoms with Gasteiger partial charge in [0.2, 0.25) is 0 Å². The average molecular weight is 285 g/mol. The van der Waals surface area contributed by atoms with Crippen LogP contribution >= 0.6 is 11.3 Å². The molecule has 0 radical (unpaired) electrons. The van der Waals surface area contributed by atoms with Gasteiger partial charge in [0, 0.05) is 0 Å². The fourth-order valence-corrected chi connectivity index (χ4v) is 2.54. The van der Waals surface area contributed by atoms with Crippen LogP contribution in [0.5, 0.6) is 0 Å². The highest BCUT2D eigenvalue weighted by Gasteiger charge is 2.10. The van der Waals surface area contributed by atoms with E-state index in [1.165, 1.54) is 17.7 Å². The molecular weight excluding hydrogens is 274 g/mol. The molecule has 3 aromatic heterocycles. The second-order valence-electron chi connectivity index (χ2n) is 4.13. The van der Waals surface area contributed by atoms with Crippen molar-refractivity contribution in [2.24, 2.45) is 0 Å². The molecule has 0 aliphatic heterocycles. The van der Waals surface area contributed by atoms with Crippen LogP contribution in [-0.2, 0) is 0 Å². The van der Waals surface area contributed by atoms with E-state index in [0.717, 1.165) is 5.56 Å². The minimum Gasteiger partial charge on any atom is -0.320 e. The summed E-state index contributed by atoms with van der Waals surface area (Å²) in [5.41, 5.74) is 1.62. The summed E-state index contributed by atoms with van der Waals surface area (Å²) >= 11 is 1.42. The topological polar surface area (TPSA) is 72.7 Å². The second kappa shape index (κ2) is 5.22. The van der Waals surface area contributed by atoms with Crippen LogP contribution in [0.1, 0.15) is 15.2 Å². The number of carbonyl (C=O) groups excluding carboxylic acids is 1. The van der Waals surface area contributed by atoms with E-state index in [1.54, 1.807) is 29.3 Å². The van der Waals surface area contributed by atoms with Gasteiger partial charge < -0.3 is 5.32 Å². The summed E-state index contributed by atoms with van der Waals surface area (Å²) < 4.78 is 1.55. The van der Waals surface area contributed by atoms with Crippen LogP contribution in [0.2, 0.25) is 0 Å². The highest BCUT2D eigenvalue weighted by Crippen LogP contribution is 2.17. The Balaban J connectivity index is 1.76. The highest BCUT2D eigenvalue weighted by molar-refractivity contribution is 7.12. The van der Waals surface area contributed by atoms with E-state index in [2.05, 4.69) is 20.4 Å².